The predicted molar refractivity (Wildman–Crippen MR) is 91.6 cm³/mol. The van der Waals surface area contributed by atoms with Gasteiger partial charge in [-0.15, -0.1) is 0 Å². The molecule has 0 aromatic heterocycles. The number of nitrogens with one attached hydrogen (secondary N) is 2. The number of benzene rings is 1. The Labute approximate surface area is 151 Å². The largest absolute Gasteiger partial charge is 0.451 e. The zero-order chi connectivity index (χ0) is 19.5. The number of urea groups is 1. The highest BCUT2D eigenvalue weighted by Crippen LogP contribution is 2.11. The van der Waals surface area contributed by atoms with Crippen molar-refractivity contribution in [3.8, 4) is 0 Å². The number of nitrogens with zero attached hydrogens (tertiary/aromatic N) is 1. The van der Waals surface area contributed by atoms with Crippen LogP contribution in [0, 0.1) is 6.92 Å². The fraction of sp³-hybridized carbons (Fsp3) is 0.438. The van der Waals surface area contributed by atoms with Crippen molar-refractivity contribution in [1.29, 1.82) is 0 Å². The third-order valence-corrected chi connectivity index (χ3v) is 5.34. The quantitative estimate of drug-likeness (QED) is 0.674. The van der Waals surface area contributed by atoms with E-state index >= 15 is 0 Å². The van der Waals surface area contributed by atoms with Crippen molar-refractivity contribution < 1.29 is 27.5 Å². The van der Waals surface area contributed by atoms with Crippen LogP contribution in [0.3, 0.4) is 0 Å². The number of esters is 1. The number of aryl methyl sites for hydroxylation is 1. The van der Waals surface area contributed by atoms with Crippen LogP contribution in [0.5, 0.6) is 0 Å². The van der Waals surface area contributed by atoms with Gasteiger partial charge in [-0.05, 0) is 32.9 Å². The fourth-order valence-electron chi connectivity index (χ4n) is 2.29. The van der Waals surface area contributed by atoms with Gasteiger partial charge >= 0.3 is 12.0 Å². The zero-order valence-electron chi connectivity index (χ0n) is 14.7. The second-order valence-electron chi connectivity index (χ2n) is 5.96. The van der Waals surface area contributed by atoms with Gasteiger partial charge in [0.1, 0.15) is 6.04 Å². The number of hydrogen-bond donors (Lipinski definition) is 2. The van der Waals surface area contributed by atoms with Gasteiger partial charge in [-0.2, -0.15) is 4.72 Å². The maximum absolute atomic E-state index is 12.3. The molecule has 1 heterocycles. The van der Waals surface area contributed by atoms with Crippen molar-refractivity contribution in [2.75, 3.05) is 13.1 Å². The molecule has 1 saturated heterocycles. The summed E-state index contributed by atoms with van der Waals surface area (Å²) in [6.45, 7) is 4.98. The Hall–Kier alpha value is -2.46. The van der Waals surface area contributed by atoms with Crippen LogP contribution in [-0.2, 0) is 24.3 Å². The molecule has 3 amide bonds. The van der Waals surface area contributed by atoms with Crippen LogP contribution in [0.15, 0.2) is 29.2 Å². The first-order chi connectivity index (χ1) is 12.1. The van der Waals surface area contributed by atoms with E-state index in [9.17, 15) is 22.8 Å². The summed E-state index contributed by atoms with van der Waals surface area (Å²) in [5, 5.41) is 2.47. The van der Waals surface area contributed by atoms with Crippen molar-refractivity contribution in [2.24, 2.45) is 0 Å². The highest BCUT2D eigenvalue weighted by Gasteiger charge is 2.33. The van der Waals surface area contributed by atoms with Crippen LogP contribution in [0.1, 0.15) is 19.4 Å². The first-order valence-corrected chi connectivity index (χ1v) is 9.49. The summed E-state index contributed by atoms with van der Waals surface area (Å²) in [7, 11) is -3.91. The highest BCUT2D eigenvalue weighted by molar-refractivity contribution is 7.89. The molecule has 2 rings (SSSR count). The summed E-state index contributed by atoms with van der Waals surface area (Å²) in [6, 6.07) is 4.37. The second kappa shape index (κ2) is 7.83. The van der Waals surface area contributed by atoms with Crippen molar-refractivity contribution in [3.05, 3.63) is 29.8 Å². The molecule has 0 bridgehead atoms. The average Bonchev–Trinajstić information content (AvgIpc) is 3.00. The van der Waals surface area contributed by atoms with E-state index in [4.69, 9.17) is 4.74 Å². The van der Waals surface area contributed by atoms with E-state index in [0.29, 0.717) is 6.54 Å². The minimum atomic E-state index is -3.91. The Morgan fingerprint density at radius 2 is 1.85 bits per heavy atom. The smallest absolute Gasteiger partial charge is 0.324 e. The van der Waals surface area contributed by atoms with Gasteiger partial charge < -0.3 is 10.1 Å². The van der Waals surface area contributed by atoms with Gasteiger partial charge in [0, 0.05) is 13.1 Å². The van der Waals surface area contributed by atoms with Crippen molar-refractivity contribution in [1.82, 2.24) is 14.9 Å². The van der Waals surface area contributed by atoms with Crippen LogP contribution < -0.4 is 10.0 Å². The summed E-state index contributed by atoms with van der Waals surface area (Å²) in [6.07, 6.45) is -1.21. The van der Waals surface area contributed by atoms with Gasteiger partial charge in [-0.3, -0.25) is 14.5 Å². The zero-order valence-corrected chi connectivity index (χ0v) is 15.5. The predicted octanol–water partition coefficient (Wildman–Crippen LogP) is 0.145. The van der Waals surface area contributed by atoms with E-state index in [1.165, 1.54) is 26.0 Å². The lowest BCUT2D eigenvalue weighted by atomic mass is 10.2. The van der Waals surface area contributed by atoms with Crippen LogP contribution in [0.2, 0.25) is 0 Å². The molecule has 10 heteroatoms. The Morgan fingerprint density at radius 1 is 1.23 bits per heavy atom. The molecule has 0 radical (unpaired) electrons. The molecule has 2 atom stereocenters. The Morgan fingerprint density at radius 3 is 2.38 bits per heavy atom. The monoisotopic (exact) mass is 383 g/mol. The summed E-state index contributed by atoms with van der Waals surface area (Å²) >= 11 is 0. The number of amides is 3. The van der Waals surface area contributed by atoms with Crippen molar-refractivity contribution >= 4 is 27.9 Å². The molecule has 0 aliphatic carbocycles. The number of rotatable bonds is 6. The van der Waals surface area contributed by atoms with Crippen LogP contribution in [0.4, 0.5) is 4.79 Å². The number of hydrogen-bond acceptors (Lipinski definition) is 6. The Balaban J connectivity index is 1.97. The van der Waals surface area contributed by atoms with Gasteiger partial charge in [0.15, 0.2) is 6.10 Å². The maximum Gasteiger partial charge on any atom is 0.324 e. The molecule has 1 aromatic rings. The summed E-state index contributed by atoms with van der Waals surface area (Å²) < 4.78 is 31.8. The number of carbonyl (C=O) groups excluding carboxylic acids is 3. The van der Waals surface area contributed by atoms with Crippen molar-refractivity contribution in [2.45, 2.75) is 37.8 Å². The third-order valence-electron chi connectivity index (χ3n) is 3.78. The van der Waals surface area contributed by atoms with Gasteiger partial charge in [-0.25, -0.2) is 13.2 Å². The van der Waals surface area contributed by atoms with E-state index in [1.54, 1.807) is 12.1 Å². The maximum atomic E-state index is 12.3. The van der Waals surface area contributed by atoms with E-state index in [1.807, 2.05) is 6.92 Å². The van der Waals surface area contributed by atoms with Gasteiger partial charge in [-0.1, -0.05) is 17.7 Å². The molecule has 26 heavy (non-hydrogen) atoms. The lowest BCUT2D eigenvalue weighted by molar-refractivity contribution is -0.158. The number of imide groups is 1. The molecule has 1 fully saturated rings. The summed E-state index contributed by atoms with van der Waals surface area (Å²) in [4.78, 5) is 36.6. The summed E-state index contributed by atoms with van der Waals surface area (Å²) in [5.74, 6) is -1.58. The molecule has 0 unspecified atom stereocenters. The molecule has 1 aliphatic heterocycles. The van der Waals surface area contributed by atoms with E-state index in [2.05, 4.69) is 10.0 Å². The molecule has 0 saturated carbocycles. The topological polar surface area (TPSA) is 122 Å². The molecule has 0 spiro atoms. The molecule has 1 aromatic carbocycles. The standard InChI is InChI=1S/C16H21N3O6S/c1-10-4-6-13(7-5-10)26(23,24)18-11(2)15(21)25-12(3)14(20)19-9-8-17-16(19)22/h4-7,11-12,18H,8-9H2,1-3H3,(H,17,22)/t11-,12+/m0/s1. The van der Waals surface area contributed by atoms with Crippen LogP contribution in [-0.4, -0.2) is 56.5 Å². The van der Waals surface area contributed by atoms with Gasteiger partial charge in [0.2, 0.25) is 10.0 Å². The van der Waals surface area contributed by atoms with Gasteiger partial charge in [0.05, 0.1) is 4.90 Å². The number of sulfonamides is 1. The van der Waals surface area contributed by atoms with E-state index < -0.39 is 40.1 Å². The van der Waals surface area contributed by atoms with Crippen LogP contribution in [0.25, 0.3) is 0 Å². The lowest BCUT2D eigenvalue weighted by Crippen LogP contribution is -2.45. The summed E-state index contributed by atoms with van der Waals surface area (Å²) in [5.41, 5.74) is 0.898. The third kappa shape index (κ3) is 4.58. The first kappa shape index (κ1) is 19.9. The van der Waals surface area contributed by atoms with Crippen LogP contribution >= 0.6 is 0 Å². The van der Waals surface area contributed by atoms with Gasteiger partial charge in [0.25, 0.3) is 5.91 Å². The number of ether oxygens (including phenoxy) is 1. The molecule has 1 aliphatic rings. The number of carbonyl (C=O) groups is 3. The SMILES string of the molecule is Cc1ccc(S(=O)(=O)N[C@@H](C)C(=O)O[C@H](C)C(=O)N2CCNC2=O)cc1. The Bertz CT molecular complexity index is 806. The minimum absolute atomic E-state index is 0.0145. The second-order valence-corrected chi connectivity index (χ2v) is 7.67. The molecule has 142 valence electrons. The normalized spacial score (nSPS) is 16.7. The van der Waals surface area contributed by atoms with E-state index in [0.717, 1.165) is 10.5 Å². The first-order valence-electron chi connectivity index (χ1n) is 8.00. The molecular weight excluding hydrogens is 362 g/mol. The molecule has 9 nitrogen and oxygen atoms in total. The Kier molecular flexibility index (Phi) is 5.98. The van der Waals surface area contributed by atoms with Crippen molar-refractivity contribution in [3.63, 3.8) is 0 Å². The lowest BCUT2D eigenvalue weighted by Gasteiger charge is -2.20. The fourth-order valence-corrected chi connectivity index (χ4v) is 3.49. The minimum Gasteiger partial charge on any atom is -0.451 e. The average molecular weight is 383 g/mol. The van der Waals surface area contributed by atoms with E-state index in [-0.39, 0.29) is 11.4 Å². The molecular formula is C16H21N3O6S. The highest BCUT2D eigenvalue weighted by atomic mass is 32.2. The molecule has 2 N–H and O–H groups in total.